The first-order chi connectivity index (χ1) is 12.2. The summed E-state index contributed by atoms with van der Waals surface area (Å²) in [5.41, 5.74) is 2.59. The average molecular weight is 359 g/mol. The van der Waals surface area contributed by atoms with Gasteiger partial charge in [0.25, 0.3) is 0 Å². The predicted octanol–water partition coefficient (Wildman–Crippen LogP) is 5.10. The number of hydrogen-bond acceptors (Lipinski definition) is 2. The second kappa shape index (κ2) is 5.95. The van der Waals surface area contributed by atoms with Crippen LogP contribution in [0.3, 0.4) is 0 Å². The van der Waals surface area contributed by atoms with E-state index in [-0.39, 0.29) is 17.3 Å². The molecular weight excluding hydrogens is 324 g/mol. The molecule has 0 heterocycles. The third kappa shape index (κ3) is 2.69. The smallest absolute Gasteiger partial charge is 0.307 e. The largest absolute Gasteiger partial charge is 0.481 e. The molecule has 6 atom stereocenters. The van der Waals surface area contributed by atoms with Crippen LogP contribution in [0.4, 0.5) is 0 Å². The molecule has 144 valence electrons. The molecule has 0 bridgehead atoms. The number of carboxylic acids is 1. The lowest BCUT2D eigenvalue weighted by molar-refractivity contribution is -0.136. The van der Waals surface area contributed by atoms with Crippen molar-refractivity contribution < 1.29 is 15.0 Å². The molecule has 0 spiro atoms. The van der Waals surface area contributed by atoms with Gasteiger partial charge in [-0.1, -0.05) is 44.1 Å². The van der Waals surface area contributed by atoms with Crippen LogP contribution < -0.4 is 0 Å². The number of aliphatic hydroxyl groups is 1. The van der Waals surface area contributed by atoms with Gasteiger partial charge in [-0.25, -0.2) is 0 Å². The molecule has 1 unspecified atom stereocenters. The fraction of sp³-hybridized carbons (Fsp3) is 0.783. The summed E-state index contributed by atoms with van der Waals surface area (Å²) in [5.74, 6) is 1.26. The summed E-state index contributed by atoms with van der Waals surface area (Å²) < 4.78 is 0. The average Bonchev–Trinajstić information content (AvgIpc) is 2.91. The lowest BCUT2D eigenvalue weighted by atomic mass is 9.47. The SMILES string of the molecule is CCC1(O)CC[C@@]2(C)C(=CC[C@H]3[C@@H]4CC(CC(=O)O)=C[C@@]4(C)CC[C@@H]32)C1. The minimum absolute atomic E-state index is 0.187. The van der Waals surface area contributed by atoms with Crippen molar-refractivity contribution in [3.05, 3.63) is 23.3 Å². The van der Waals surface area contributed by atoms with Gasteiger partial charge in [-0.3, -0.25) is 4.79 Å². The molecule has 0 aromatic rings. The quantitative estimate of drug-likeness (QED) is 0.690. The van der Waals surface area contributed by atoms with E-state index in [4.69, 9.17) is 0 Å². The Labute approximate surface area is 157 Å². The minimum Gasteiger partial charge on any atom is -0.481 e. The van der Waals surface area contributed by atoms with Crippen molar-refractivity contribution in [1.29, 1.82) is 0 Å². The third-order valence-electron chi connectivity index (χ3n) is 8.74. The molecule has 0 amide bonds. The van der Waals surface area contributed by atoms with Crippen LogP contribution >= 0.6 is 0 Å². The number of allylic oxidation sites excluding steroid dienone is 2. The van der Waals surface area contributed by atoms with Crippen LogP contribution in [-0.4, -0.2) is 21.8 Å². The second-order valence-electron chi connectivity index (χ2n) is 10.1. The van der Waals surface area contributed by atoms with Crippen LogP contribution in [0.2, 0.25) is 0 Å². The van der Waals surface area contributed by atoms with Crippen molar-refractivity contribution in [1.82, 2.24) is 0 Å². The zero-order chi connectivity index (χ0) is 18.7. The first-order valence-electron chi connectivity index (χ1n) is 10.5. The molecule has 0 radical (unpaired) electrons. The standard InChI is InChI=1S/C23H34O3/c1-4-23(26)10-9-22(3)16(14-23)5-6-17-18(22)7-8-21(2)13-15(11-19(17)21)12-20(24)25/h5,13,17-19,26H,4,6-12,14H2,1-3H3,(H,24,25)/t17-,18+,19+,21-,22+,23?/m1/s1. The van der Waals surface area contributed by atoms with E-state index < -0.39 is 11.6 Å². The Balaban J connectivity index is 1.60. The third-order valence-corrected chi connectivity index (χ3v) is 8.74. The predicted molar refractivity (Wildman–Crippen MR) is 103 cm³/mol. The molecule has 4 rings (SSSR count). The molecule has 2 fully saturated rings. The molecule has 3 nitrogen and oxygen atoms in total. The summed E-state index contributed by atoms with van der Waals surface area (Å²) in [6.45, 7) is 6.92. The Bertz CT molecular complexity index is 677. The molecular formula is C23H34O3. The monoisotopic (exact) mass is 358 g/mol. The number of carbonyl (C=O) groups is 1. The molecule has 2 N–H and O–H groups in total. The van der Waals surface area contributed by atoms with E-state index in [0.29, 0.717) is 17.8 Å². The zero-order valence-electron chi connectivity index (χ0n) is 16.6. The maximum absolute atomic E-state index is 11.2. The number of carboxylic acid groups (broad SMARTS) is 1. The van der Waals surface area contributed by atoms with Crippen LogP contribution in [0.5, 0.6) is 0 Å². The van der Waals surface area contributed by atoms with Crippen molar-refractivity contribution in [2.75, 3.05) is 0 Å². The van der Waals surface area contributed by atoms with E-state index in [2.05, 4.69) is 32.9 Å². The zero-order valence-corrected chi connectivity index (χ0v) is 16.6. The topological polar surface area (TPSA) is 57.5 Å². The van der Waals surface area contributed by atoms with Gasteiger partial charge in [0, 0.05) is 0 Å². The van der Waals surface area contributed by atoms with Gasteiger partial charge in [-0.05, 0) is 80.0 Å². The van der Waals surface area contributed by atoms with E-state index in [1.54, 1.807) is 0 Å². The van der Waals surface area contributed by atoms with Crippen molar-refractivity contribution in [2.24, 2.45) is 28.6 Å². The van der Waals surface area contributed by atoms with Gasteiger partial charge >= 0.3 is 5.97 Å². The van der Waals surface area contributed by atoms with Crippen molar-refractivity contribution in [3.63, 3.8) is 0 Å². The minimum atomic E-state index is -0.695. The maximum atomic E-state index is 11.2. The first-order valence-corrected chi connectivity index (χ1v) is 10.5. The van der Waals surface area contributed by atoms with Crippen LogP contribution in [0.15, 0.2) is 23.3 Å². The highest BCUT2D eigenvalue weighted by molar-refractivity contribution is 5.70. The van der Waals surface area contributed by atoms with E-state index in [0.717, 1.165) is 44.1 Å². The molecule has 4 aliphatic rings. The first kappa shape index (κ1) is 18.3. The van der Waals surface area contributed by atoms with Crippen LogP contribution in [0.1, 0.15) is 78.6 Å². The number of rotatable bonds is 3. The second-order valence-corrected chi connectivity index (χ2v) is 10.1. The fourth-order valence-electron chi connectivity index (χ4n) is 7.05. The highest BCUT2D eigenvalue weighted by atomic mass is 16.4. The number of aliphatic carboxylic acids is 1. The lowest BCUT2D eigenvalue weighted by Gasteiger charge is -2.58. The number of fused-ring (bicyclic) bond motifs is 5. The van der Waals surface area contributed by atoms with Gasteiger partial charge in [0.2, 0.25) is 0 Å². The molecule has 2 saturated carbocycles. The molecule has 3 heteroatoms. The van der Waals surface area contributed by atoms with Gasteiger partial charge in [-0.2, -0.15) is 0 Å². The molecule has 0 aromatic carbocycles. The molecule has 0 saturated heterocycles. The summed E-state index contributed by atoms with van der Waals surface area (Å²) in [6, 6.07) is 0. The van der Waals surface area contributed by atoms with Crippen LogP contribution in [0, 0.1) is 28.6 Å². The maximum Gasteiger partial charge on any atom is 0.307 e. The summed E-state index contributed by atoms with van der Waals surface area (Å²) in [7, 11) is 0. The van der Waals surface area contributed by atoms with Crippen LogP contribution in [0.25, 0.3) is 0 Å². The highest BCUT2D eigenvalue weighted by Crippen LogP contribution is 2.65. The van der Waals surface area contributed by atoms with Crippen molar-refractivity contribution in [2.45, 2.75) is 84.2 Å². The number of hydrogen-bond donors (Lipinski definition) is 2. The normalized spacial score (nSPS) is 47.3. The highest BCUT2D eigenvalue weighted by Gasteiger charge is 2.56. The van der Waals surface area contributed by atoms with Crippen molar-refractivity contribution in [3.8, 4) is 0 Å². The Morgan fingerprint density at radius 2 is 2.00 bits per heavy atom. The van der Waals surface area contributed by atoms with E-state index >= 15 is 0 Å². The molecule has 26 heavy (non-hydrogen) atoms. The Morgan fingerprint density at radius 1 is 1.23 bits per heavy atom. The van der Waals surface area contributed by atoms with E-state index in [1.807, 2.05) is 0 Å². The summed E-state index contributed by atoms with van der Waals surface area (Å²) in [5, 5.41) is 20.1. The van der Waals surface area contributed by atoms with Crippen molar-refractivity contribution >= 4 is 5.97 Å². The fourth-order valence-corrected chi connectivity index (χ4v) is 7.05. The Hall–Kier alpha value is -1.09. The Morgan fingerprint density at radius 3 is 2.69 bits per heavy atom. The van der Waals surface area contributed by atoms with E-state index in [1.165, 1.54) is 18.4 Å². The molecule has 0 aromatic heterocycles. The van der Waals surface area contributed by atoms with Gasteiger partial charge in [0.1, 0.15) is 0 Å². The molecule has 0 aliphatic heterocycles. The lowest BCUT2D eigenvalue weighted by Crippen LogP contribution is -2.51. The van der Waals surface area contributed by atoms with E-state index in [9.17, 15) is 15.0 Å². The summed E-state index contributed by atoms with van der Waals surface area (Å²) in [6.07, 6.45) is 13.2. The summed E-state index contributed by atoms with van der Waals surface area (Å²) in [4.78, 5) is 11.2. The van der Waals surface area contributed by atoms with Gasteiger partial charge < -0.3 is 10.2 Å². The Kier molecular flexibility index (Phi) is 4.19. The van der Waals surface area contributed by atoms with Gasteiger partial charge in [0.05, 0.1) is 12.0 Å². The summed E-state index contributed by atoms with van der Waals surface area (Å²) >= 11 is 0. The van der Waals surface area contributed by atoms with Crippen LogP contribution in [-0.2, 0) is 4.79 Å². The van der Waals surface area contributed by atoms with Gasteiger partial charge in [0.15, 0.2) is 0 Å². The molecule has 4 aliphatic carbocycles. The van der Waals surface area contributed by atoms with Gasteiger partial charge in [-0.15, -0.1) is 0 Å².